The van der Waals surface area contributed by atoms with Gasteiger partial charge in [0, 0.05) is 19.0 Å². The van der Waals surface area contributed by atoms with Gasteiger partial charge in [-0.2, -0.15) is 0 Å². The van der Waals surface area contributed by atoms with Crippen LogP contribution in [0.15, 0.2) is 24.3 Å². The minimum Gasteiger partial charge on any atom is -0.484 e. The molecule has 1 heterocycles. The summed E-state index contributed by atoms with van der Waals surface area (Å²) in [5, 5.41) is 9.21. The zero-order valence-corrected chi connectivity index (χ0v) is 16.5. The van der Waals surface area contributed by atoms with Crippen LogP contribution in [0.5, 0.6) is 5.75 Å². The van der Waals surface area contributed by atoms with Crippen LogP contribution in [0, 0.1) is 5.92 Å². The summed E-state index contributed by atoms with van der Waals surface area (Å²) in [6, 6.07) is 8.05. The fourth-order valence-corrected chi connectivity index (χ4v) is 3.13. The first-order valence-corrected chi connectivity index (χ1v) is 9.67. The van der Waals surface area contributed by atoms with E-state index in [0.29, 0.717) is 30.7 Å². The lowest BCUT2D eigenvalue weighted by Crippen LogP contribution is -2.30. The van der Waals surface area contributed by atoms with Crippen molar-refractivity contribution in [3.05, 3.63) is 29.8 Å². The molecular formula is C20H30ClN3O3. The van der Waals surface area contributed by atoms with E-state index in [0.717, 1.165) is 44.3 Å². The van der Waals surface area contributed by atoms with Gasteiger partial charge in [0.15, 0.2) is 6.61 Å². The molecule has 6 nitrogen and oxygen atoms in total. The standard InChI is InChI=1S/C20H29N3O3.ClH/c24-19(8-3-16-9-11-21-13-16)22-12-10-15-1-6-18(7-2-15)26-14-20(25)23-17-4-5-17;/h1-2,6-7,16-17,21H,3-5,8-14H2,(H,22,24)(H,23,25);1H. The first kappa shape index (κ1) is 21.5. The third-order valence-electron chi connectivity index (χ3n) is 4.91. The number of benzene rings is 1. The predicted molar refractivity (Wildman–Crippen MR) is 107 cm³/mol. The van der Waals surface area contributed by atoms with Gasteiger partial charge in [0.25, 0.3) is 5.91 Å². The Morgan fingerprint density at radius 1 is 1.11 bits per heavy atom. The molecule has 0 spiro atoms. The summed E-state index contributed by atoms with van der Waals surface area (Å²) in [4.78, 5) is 23.5. The number of hydrogen-bond donors (Lipinski definition) is 3. The number of amides is 2. The molecule has 7 heteroatoms. The van der Waals surface area contributed by atoms with Gasteiger partial charge in [-0.05, 0) is 68.8 Å². The van der Waals surface area contributed by atoms with Crippen molar-refractivity contribution in [2.45, 2.75) is 44.6 Å². The van der Waals surface area contributed by atoms with Crippen molar-refractivity contribution in [3.63, 3.8) is 0 Å². The van der Waals surface area contributed by atoms with Crippen LogP contribution in [0.25, 0.3) is 0 Å². The van der Waals surface area contributed by atoms with Gasteiger partial charge in [0.1, 0.15) is 5.75 Å². The fourth-order valence-electron chi connectivity index (χ4n) is 3.13. The molecule has 150 valence electrons. The molecule has 1 aromatic carbocycles. The molecule has 0 aromatic heterocycles. The Morgan fingerprint density at radius 2 is 1.89 bits per heavy atom. The van der Waals surface area contributed by atoms with Crippen LogP contribution in [0.4, 0.5) is 0 Å². The van der Waals surface area contributed by atoms with Crippen molar-refractivity contribution in [1.82, 2.24) is 16.0 Å². The Balaban J connectivity index is 0.00000261. The van der Waals surface area contributed by atoms with Crippen LogP contribution in [-0.2, 0) is 16.0 Å². The Labute approximate surface area is 167 Å². The maximum Gasteiger partial charge on any atom is 0.258 e. The Bertz CT molecular complexity index is 599. The van der Waals surface area contributed by atoms with Gasteiger partial charge in [-0.1, -0.05) is 12.1 Å². The second-order valence-corrected chi connectivity index (χ2v) is 7.27. The number of halogens is 1. The van der Waals surface area contributed by atoms with E-state index in [1.807, 2.05) is 24.3 Å². The number of nitrogens with one attached hydrogen (secondary N) is 3. The van der Waals surface area contributed by atoms with Crippen LogP contribution < -0.4 is 20.7 Å². The maximum atomic E-state index is 11.9. The second kappa shape index (κ2) is 11.1. The number of rotatable bonds is 10. The molecule has 27 heavy (non-hydrogen) atoms. The van der Waals surface area contributed by atoms with Gasteiger partial charge in [0.05, 0.1) is 0 Å². The van der Waals surface area contributed by atoms with Gasteiger partial charge in [-0.25, -0.2) is 0 Å². The quantitative estimate of drug-likeness (QED) is 0.564. The third kappa shape index (κ3) is 8.18. The molecule has 0 bridgehead atoms. The average Bonchev–Trinajstić information content (AvgIpc) is 3.30. The molecule has 1 saturated heterocycles. The molecule has 1 aliphatic heterocycles. The average molecular weight is 396 g/mol. The highest BCUT2D eigenvalue weighted by molar-refractivity contribution is 5.85. The van der Waals surface area contributed by atoms with Crippen molar-refractivity contribution in [2.24, 2.45) is 5.92 Å². The third-order valence-corrected chi connectivity index (χ3v) is 4.91. The molecule has 3 rings (SSSR count). The van der Waals surface area contributed by atoms with Crippen molar-refractivity contribution in [1.29, 1.82) is 0 Å². The first-order valence-electron chi connectivity index (χ1n) is 9.67. The Hall–Kier alpha value is -1.79. The molecular weight excluding hydrogens is 366 g/mol. The molecule has 1 aliphatic carbocycles. The molecule has 2 aliphatic rings. The molecule has 1 unspecified atom stereocenters. The van der Waals surface area contributed by atoms with Gasteiger partial charge >= 0.3 is 0 Å². The zero-order chi connectivity index (χ0) is 18.2. The van der Waals surface area contributed by atoms with E-state index in [2.05, 4.69) is 16.0 Å². The summed E-state index contributed by atoms with van der Waals surface area (Å²) in [5.41, 5.74) is 1.14. The van der Waals surface area contributed by atoms with Crippen molar-refractivity contribution in [2.75, 3.05) is 26.2 Å². The van der Waals surface area contributed by atoms with E-state index in [1.165, 1.54) is 6.42 Å². The zero-order valence-electron chi connectivity index (χ0n) is 15.7. The highest BCUT2D eigenvalue weighted by Crippen LogP contribution is 2.18. The number of ether oxygens (including phenoxy) is 1. The largest absolute Gasteiger partial charge is 0.484 e. The van der Waals surface area contributed by atoms with Crippen molar-refractivity contribution >= 4 is 24.2 Å². The van der Waals surface area contributed by atoms with Crippen molar-refractivity contribution < 1.29 is 14.3 Å². The van der Waals surface area contributed by atoms with E-state index < -0.39 is 0 Å². The number of carbonyl (C=O) groups is 2. The van der Waals surface area contributed by atoms with E-state index in [9.17, 15) is 9.59 Å². The van der Waals surface area contributed by atoms with Crippen molar-refractivity contribution in [3.8, 4) is 5.75 Å². The monoisotopic (exact) mass is 395 g/mol. The SMILES string of the molecule is Cl.O=C(CCC1CCNC1)NCCc1ccc(OCC(=O)NC2CC2)cc1. The summed E-state index contributed by atoms with van der Waals surface area (Å²) in [6.07, 6.45) is 5.72. The molecule has 3 N–H and O–H groups in total. The lowest BCUT2D eigenvalue weighted by atomic mass is 10.0. The van der Waals surface area contributed by atoms with Crippen LogP contribution in [0.3, 0.4) is 0 Å². The fraction of sp³-hybridized carbons (Fsp3) is 0.600. The Kier molecular flexibility index (Phi) is 8.88. The summed E-state index contributed by atoms with van der Waals surface area (Å²) < 4.78 is 5.49. The summed E-state index contributed by atoms with van der Waals surface area (Å²) in [6.45, 7) is 2.83. The summed E-state index contributed by atoms with van der Waals surface area (Å²) in [7, 11) is 0. The number of hydrogen-bond acceptors (Lipinski definition) is 4. The molecule has 1 aromatic rings. The molecule has 1 atom stereocenters. The lowest BCUT2D eigenvalue weighted by molar-refractivity contribution is -0.123. The van der Waals surface area contributed by atoms with E-state index in [1.54, 1.807) is 0 Å². The minimum absolute atomic E-state index is 0. The summed E-state index contributed by atoms with van der Waals surface area (Å²) >= 11 is 0. The summed E-state index contributed by atoms with van der Waals surface area (Å²) in [5.74, 6) is 1.42. The van der Waals surface area contributed by atoms with Crippen LogP contribution in [0.2, 0.25) is 0 Å². The van der Waals surface area contributed by atoms with Gasteiger partial charge in [0.2, 0.25) is 5.91 Å². The molecule has 2 fully saturated rings. The van der Waals surface area contributed by atoms with E-state index >= 15 is 0 Å². The highest BCUT2D eigenvalue weighted by atomic mass is 35.5. The van der Waals surface area contributed by atoms with Gasteiger partial charge < -0.3 is 20.7 Å². The van der Waals surface area contributed by atoms with E-state index in [4.69, 9.17) is 4.74 Å². The normalized spacial score (nSPS) is 18.4. The molecule has 1 saturated carbocycles. The van der Waals surface area contributed by atoms with Crippen LogP contribution >= 0.6 is 12.4 Å². The second-order valence-electron chi connectivity index (χ2n) is 7.27. The van der Waals surface area contributed by atoms with Gasteiger partial charge in [-0.3, -0.25) is 9.59 Å². The molecule has 0 radical (unpaired) electrons. The molecule has 2 amide bonds. The number of carbonyl (C=O) groups excluding carboxylic acids is 2. The minimum atomic E-state index is -0.0623. The Morgan fingerprint density at radius 3 is 2.56 bits per heavy atom. The topological polar surface area (TPSA) is 79.5 Å². The maximum absolute atomic E-state index is 11.9. The van der Waals surface area contributed by atoms with E-state index in [-0.39, 0.29) is 30.8 Å². The predicted octanol–water partition coefficient (Wildman–Crippen LogP) is 1.81. The first-order chi connectivity index (χ1) is 12.7. The van der Waals surface area contributed by atoms with Gasteiger partial charge in [-0.15, -0.1) is 12.4 Å². The smallest absolute Gasteiger partial charge is 0.258 e. The highest BCUT2D eigenvalue weighted by Gasteiger charge is 2.23. The lowest BCUT2D eigenvalue weighted by Gasteiger charge is -2.09. The van der Waals surface area contributed by atoms with Crippen LogP contribution in [-0.4, -0.2) is 44.1 Å². The van der Waals surface area contributed by atoms with Crippen LogP contribution in [0.1, 0.15) is 37.7 Å².